The third-order valence-electron chi connectivity index (χ3n) is 4.28. The lowest BCUT2D eigenvalue weighted by atomic mass is 9.95. The molecule has 1 saturated carbocycles. The Balaban J connectivity index is 2.17. The Morgan fingerprint density at radius 1 is 1.25 bits per heavy atom. The molecule has 5 nitrogen and oxygen atoms in total. The zero-order valence-electron chi connectivity index (χ0n) is 13.1. The van der Waals surface area contributed by atoms with Gasteiger partial charge < -0.3 is 14.6 Å². The van der Waals surface area contributed by atoms with Crippen LogP contribution in [-0.2, 0) is 4.74 Å². The highest BCUT2D eigenvalue weighted by Crippen LogP contribution is 2.32. The van der Waals surface area contributed by atoms with E-state index in [4.69, 9.17) is 9.26 Å². The van der Waals surface area contributed by atoms with Gasteiger partial charge in [0.2, 0.25) is 11.7 Å². The van der Waals surface area contributed by atoms with Crippen LogP contribution in [0.4, 0.5) is 0 Å². The van der Waals surface area contributed by atoms with E-state index in [1.807, 2.05) is 7.05 Å². The maximum absolute atomic E-state index is 5.54. The van der Waals surface area contributed by atoms with Gasteiger partial charge in [-0.05, 0) is 25.8 Å². The van der Waals surface area contributed by atoms with Gasteiger partial charge in [-0.15, -0.1) is 0 Å². The average Bonchev–Trinajstić information content (AvgIpc) is 2.77. The number of likely N-dealkylation sites (N-methyl/N-ethyl adjacent to an activating group) is 1. The van der Waals surface area contributed by atoms with Crippen LogP contribution in [0.2, 0.25) is 0 Å². The first-order chi connectivity index (χ1) is 9.67. The second kappa shape index (κ2) is 7.18. The molecule has 1 aromatic rings. The molecule has 114 valence electrons. The molecular weight excluding hydrogens is 254 g/mol. The summed E-state index contributed by atoms with van der Waals surface area (Å²) in [5.74, 6) is 2.11. The van der Waals surface area contributed by atoms with Gasteiger partial charge in [0.25, 0.3) is 0 Å². The first-order valence-corrected chi connectivity index (χ1v) is 7.71. The summed E-state index contributed by atoms with van der Waals surface area (Å²) in [7, 11) is 3.72. The summed E-state index contributed by atoms with van der Waals surface area (Å²) in [4.78, 5) is 4.62. The van der Waals surface area contributed by atoms with E-state index in [-0.39, 0.29) is 6.10 Å². The molecule has 1 aliphatic rings. The molecule has 1 aliphatic carbocycles. The molecule has 0 saturated heterocycles. The van der Waals surface area contributed by atoms with Crippen molar-refractivity contribution in [3.63, 3.8) is 0 Å². The van der Waals surface area contributed by atoms with E-state index in [1.165, 1.54) is 25.7 Å². The van der Waals surface area contributed by atoms with Crippen LogP contribution in [-0.4, -0.2) is 30.3 Å². The monoisotopic (exact) mass is 281 g/mol. The van der Waals surface area contributed by atoms with E-state index >= 15 is 0 Å². The average molecular weight is 281 g/mol. The predicted molar refractivity (Wildman–Crippen MR) is 77.6 cm³/mol. The van der Waals surface area contributed by atoms with E-state index in [2.05, 4.69) is 29.3 Å². The molecule has 1 fully saturated rings. The lowest BCUT2D eigenvalue weighted by Gasteiger charge is -2.21. The normalized spacial score (nSPS) is 25.6. The maximum Gasteiger partial charge on any atom is 0.231 e. The van der Waals surface area contributed by atoms with Gasteiger partial charge in [0.15, 0.2) is 0 Å². The number of nitrogens with zero attached hydrogens (tertiary/aromatic N) is 2. The third-order valence-corrected chi connectivity index (χ3v) is 4.28. The topological polar surface area (TPSA) is 60.2 Å². The molecule has 2 rings (SSSR count). The smallest absolute Gasteiger partial charge is 0.231 e. The zero-order valence-corrected chi connectivity index (χ0v) is 13.1. The molecule has 1 N–H and O–H groups in total. The quantitative estimate of drug-likeness (QED) is 0.841. The molecule has 5 heteroatoms. The number of nitrogens with one attached hydrogen (secondary N) is 1. The summed E-state index contributed by atoms with van der Waals surface area (Å²) in [5, 5.41) is 7.55. The summed E-state index contributed by atoms with van der Waals surface area (Å²) >= 11 is 0. The van der Waals surface area contributed by atoms with Crippen molar-refractivity contribution >= 4 is 0 Å². The van der Waals surface area contributed by atoms with Gasteiger partial charge >= 0.3 is 0 Å². The zero-order chi connectivity index (χ0) is 14.5. The number of methoxy groups -OCH3 is 1. The first kappa shape index (κ1) is 15.4. The highest BCUT2D eigenvalue weighted by Gasteiger charge is 2.30. The molecule has 0 amide bonds. The number of hydrogen-bond donors (Lipinski definition) is 1. The summed E-state index contributed by atoms with van der Waals surface area (Å²) < 4.78 is 11.0. The Kier molecular flexibility index (Phi) is 5.54. The van der Waals surface area contributed by atoms with Crippen molar-refractivity contribution in [3.8, 4) is 0 Å². The van der Waals surface area contributed by atoms with Gasteiger partial charge in [0.05, 0.1) is 5.92 Å². The number of ether oxygens (including phenoxy) is 1. The fourth-order valence-electron chi connectivity index (χ4n) is 3.14. The Morgan fingerprint density at radius 2 is 2.00 bits per heavy atom. The van der Waals surface area contributed by atoms with Crippen LogP contribution in [0.5, 0.6) is 0 Å². The van der Waals surface area contributed by atoms with Crippen molar-refractivity contribution in [1.82, 2.24) is 15.5 Å². The van der Waals surface area contributed by atoms with Crippen molar-refractivity contribution in [3.05, 3.63) is 11.7 Å². The van der Waals surface area contributed by atoms with Crippen molar-refractivity contribution in [2.24, 2.45) is 5.92 Å². The Morgan fingerprint density at radius 3 is 2.65 bits per heavy atom. The Bertz CT molecular complexity index is 406. The predicted octanol–water partition coefficient (Wildman–Crippen LogP) is 3.05. The van der Waals surface area contributed by atoms with Crippen molar-refractivity contribution < 1.29 is 9.26 Å². The highest BCUT2D eigenvalue weighted by atomic mass is 16.5. The lowest BCUT2D eigenvalue weighted by Crippen LogP contribution is -2.31. The fourth-order valence-corrected chi connectivity index (χ4v) is 3.14. The second-order valence-electron chi connectivity index (χ2n) is 6.03. The Labute approximate surface area is 121 Å². The van der Waals surface area contributed by atoms with Crippen molar-refractivity contribution in [2.45, 2.75) is 64.0 Å². The van der Waals surface area contributed by atoms with Crippen LogP contribution in [0, 0.1) is 5.92 Å². The van der Waals surface area contributed by atoms with Crippen molar-refractivity contribution in [1.29, 1.82) is 0 Å². The van der Waals surface area contributed by atoms with Gasteiger partial charge in [-0.25, -0.2) is 0 Å². The molecule has 0 spiro atoms. The summed E-state index contributed by atoms with van der Waals surface area (Å²) in [5.41, 5.74) is 0. The van der Waals surface area contributed by atoms with Crippen LogP contribution in [0.25, 0.3) is 0 Å². The minimum atomic E-state index is -0.0914. The van der Waals surface area contributed by atoms with E-state index in [0.29, 0.717) is 23.7 Å². The van der Waals surface area contributed by atoms with E-state index in [0.717, 1.165) is 12.3 Å². The molecule has 20 heavy (non-hydrogen) atoms. The maximum atomic E-state index is 5.54. The van der Waals surface area contributed by atoms with Gasteiger partial charge in [-0.1, -0.05) is 38.3 Å². The van der Waals surface area contributed by atoms with Crippen LogP contribution in [0.15, 0.2) is 4.52 Å². The number of rotatable bonds is 5. The number of hydrogen-bond acceptors (Lipinski definition) is 5. The first-order valence-electron chi connectivity index (χ1n) is 7.71. The molecular formula is C15H27N3O2. The Hall–Kier alpha value is -0.940. The van der Waals surface area contributed by atoms with Crippen molar-refractivity contribution in [2.75, 3.05) is 14.2 Å². The van der Waals surface area contributed by atoms with E-state index in [9.17, 15) is 0 Å². The van der Waals surface area contributed by atoms with Crippen LogP contribution in [0.1, 0.15) is 69.7 Å². The molecule has 1 aromatic heterocycles. The molecule has 0 aromatic carbocycles. The van der Waals surface area contributed by atoms with Gasteiger partial charge in [0, 0.05) is 13.2 Å². The second-order valence-corrected chi connectivity index (χ2v) is 6.03. The van der Waals surface area contributed by atoms with Gasteiger partial charge in [-0.3, -0.25) is 0 Å². The number of aromatic nitrogens is 2. The van der Waals surface area contributed by atoms with Crippen LogP contribution in [0.3, 0.4) is 0 Å². The van der Waals surface area contributed by atoms with Crippen LogP contribution < -0.4 is 5.32 Å². The molecule has 1 heterocycles. The van der Waals surface area contributed by atoms with E-state index in [1.54, 1.807) is 7.11 Å². The van der Waals surface area contributed by atoms with Crippen LogP contribution >= 0.6 is 0 Å². The van der Waals surface area contributed by atoms with Gasteiger partial charge in [0.1, 0.15) is 6.10 Å². The molecule has 0 aliphatic heterocycles. The fraction of sp³-hybridized carbons (Fsp3) is 0.867. The van der Waals surface area contributed by atoms with E-state index < -0.39 is 0 Å². The molecule has 0 bridgehead atoms. The third kappa shape index (κ3) is 3.38. The van der Waals surface area contributed by atoms with Gasteiger partial charge in [-0.2, -0.15) is 4.98 Å². The highest BCUT2D eigenvalue weighted by molar-refractivity contribution is 5.02. The molecule has 3 unspecified atom stereocenters. The molecule has 3 atom stereocenters. The lowest BCUT2D eigenvalue weighted by molar-refractivity contribution is 0.0555. The minimum Gasteiger partial charge on any atom is -0.373 e. The SMILES string of the molecule is CNC1CCCCCC1c1nc(C(OC)C(C)C)no1. The summed E-state index contributed by atoms with van der Waals surface area (Å²) in [6.07, 6.45) is 6.01. The standard InChI is InChI=1S/C15H27N3O2/c1-10(2)13(19-4)14-17-15(20-18-14)11-8-6-5-7-9-12(11)16-3/h10-13,16H,5-9H2,1-4H3. The molecule has 0 radical (unpaired) electrons. The summed E-state index contributed by atoms with van der Waals surface area (Å²) in [6.45, 7) is 4.21. The summed E-state index contributed by atoms with van der Waals surface area (Å²) in [6, 6.07) is 0.436. The largest absolute Gasteiger partial charge is 0.373 e. The minimum absolute atomic E-state index is 0.0914.